The number of carbonyl (C=O) groups is 2. The molecule has 0 bridgehead atoms. The Bertz CT molecular complexity index is 285. The van der Waals surface area contributed by atoms with Gasteiger partial charge in [-0.3, -0.25) is 9.59 Å². The van der Waals surface area contributed by atoms with Gasteiger partial charge in [-0.1, -0.05) is 19.8 Å². The first-order valence-corrected chi connectivity index (χ1v) is 5.94. The maximum atomic E-state index is 11.8. The van der Waals surface area contributed by atoms with Crippen LogP contribution in [0.5, 0.6) is 0 Å². The van der Waals surface area contributed by atoms with Gasteiger partial charge in [0.2, 0.25) is 0 Å². The highest BCUT2D eigenvalue weighted by Crippen LogP contribution is 2.46. The molecule has 3 heteroatoms. The summed E-state index contributed by atoms with van der Waals surface area (Å²) < 4.78 is 5.34. The van der Waals surface area contributed by atoms with Crippen molar-refractivity contribution in [1.82, 2.24) is 0 Å². The molecule has 2 unspecified atom stereocenters. The molecule has 1 saturated carbocycles. The molecule has 1 aliphatic heterocycles. The molecule has 0 aromatic carbocycles. The minimum absolute atomic E-state index is 0.162. The van der Waals surface area contributed by atoms with Gasteiger partial charge in [0, 0.05) is 12.3 Å². The first-order valence-electron chi connectivity index (χ1n) is 5.94. The highest BCUT2D eigenvalue weighted by Gasteiger charge is 2.57. The Morgan fingerprint density at radius 2 is 2.20 bits per heavy atom. The molecule has 1 heterocycles. The number of rotatable bonds is 4. The van der Waals surface area contributed by atoms with Crippen LogP contribution in [-0.2, 0) is 14.3 Å². The molecule has 0 N–H and O–H groups in total. The third-order valence-corrected chi connectivity index (χ3v) is 3.71. The van der Waals surface area contributed by atoms with Crippen molar-refractivity contribution in [3.8, 4) is 0 Å². The molecule has 2 atom stereocenters. The number of hydrogen-bond acceptors (Lipinski definition) is 3. The maximum Gasteiger partial charge on any atom is 0.307 e. The number of carbonyl (C=O) groups excluding carboxylic acids is 2. The summed E-state index contributed by atoms with van der Waals surface area (Å²) in [5.74, 6) is 0.161. The fourth-order valence-electron chi connectivity index (χ4n) is 2.86. The minimum Gasteiger partial charge on any atom is -0.451 e. The zero-order valence-corrected chi connectivity index (χ0v) is 9.25. The summed E-state index contributed by atoms with van der Waals surface area (Å²) in [6, 6.07) is 0. The highest BCUT2D eigenvalue weighted by molar-refractivity contribution is 5.95. The Kier molecular flexibility index (Phi) is 2.81. The summed E-state index contributed by atoms with van der Waals surface area (Å²) in [7, 11) is 0. The summed E-state index contributed by atoms with van der Waals surface area (Å²) in [5.41, 5.74) is -0.702. The van der Waals surface area contributed by atoms with Gasteiger partial charge in [0.1, 0.15) is 0 Å². The second-order valence-electron chi connectivity index (χ2n) is 4.68. The van der Waals surface area contributed by atoms with Crippen molar-refractivity contribution in [1.29, 1.82) is 0 Å². The number of Topliss-reactive ketones (excluding diaryl/α,β-unsaturated/α-hetero) is 1. The van der Waals surface area contributed by atoms with Gasteiger partial charge in [-0.25, -0.2) is 0 Å². The molecular formula is C12H18O3. The summed E-state index contributed by atoms with van der Waals surface area (Å²) in [6.07, 6.45) is 5.88. The lowest BCUT2D eigenvalue weighted by Crippen LogP contribution is -2.38. The van der Waals surface area contributed by atoms with Crippen LogP contribution in [0.1, 0.15) is 51.9 Å². The number of fused-ring (bicyclic) bond motifs is 1. The summed E-state index contributed by atoms with van der Waals surface area (Å²) >= 11 is 0. The average molecular weight is 210 g/mol. The fourth-order valence-corrected chi connectivity index (χ4v) is 2.86. The monoisotopic (exact) mass is 210 g/mol. The van der Waals surface area contributed by atoms with Crippen LogP contribution >= 0.6 is 0 Å². The number of unbranched alkanes of at least 4 members (excludes halogenated alkanes) is 2. The van der Waals surface area contributed by atoms with E-state index < -0.39 is 5.60 Å². The molecule has 0 spiro atoms. The Labute approximate surface area is 90.2 Å². The molecule has 0 aromatic rings. The zero-order chi connectivity index (χ0) is 10.9. The second kappa shape index (κ2) is 3.95. The van der Waals surface area contributed by atoms with Crippen molar-refractivity contribution in [2.45, 2.75) is 57.5 Å². The first-order chi connectivity index (χ1) is 7.19. The van der Waals surface area contributed by atoms with Gasteiger partial charge >= 0.3 is 5.97 Å². The molecule has 84 valence electrons. The van der Waals surface area contributed by atoms with E-state index in [1.807, 2.05) is 0 Å². The van der Waals surface area contributed by atoms with E-state index in [1.54, 1.807) is 0 Å². The lowest BCUT2D eigenvalue weighted by atomic mass is 9.85. The molecule has 1 saturated heterocycles. The van der Waals surface area contributed by atoms with E-state index >= 15 is 0 Å². The average Bonchev–Trinajstić information content (AvgIpc) is 2.65. The minimum atomic E-state index is -0.702. The summed E-state index contributed by atoms with van der Waals surface area (Å²) in [4.78, 5) is 23.1. The Hall–Kier alpha value is -0.860. The van der Waals surface area contributed by atoms with E-state index in [2.05, 4.69) is 6.92 Å². The van der Waals surface area contributed by atoms with Crippen molar-refractivity contribution < 1.29 is 14.3 Å². The second-order valence-corrected chi connectivity index (χ2v) is 4.68. The molecule has 1 aliphatic carbocycles. The van der Waals surface area contributed by atoms with Gasteiger partial charge in [-0.15, -0.1) is 0 Å². The number of esters is 1. The van der Waals surface area contributed by atoms with Crippen molar-refractivity contribution >= 4 is 11.8 Å². The van der Waals surface area contributed by atoms with Crippen LogP contribution in [0.15, 0.2) is 0 Å². The highest BCUT2D eigenvalue weighted by atomic mass is 16.6. The van der Waals surface area contributed by atoms with Crippen LogP contribution in [0.25, 0.3) is 0 Å². The van der Waals surface area contributed by atoms with Gasteiger partial charge < -0.3 is 4.74 Å². The van der Waals surface area contributed by atoms with Gasteiger partial charge in [-0.05, 0) is 19.3 Å². The van der Waals surface area contributed by atoms with Crippen molar-refractivity contribution in [2.24, 2.45) is 5.92 Å². The number of ketones is 1. The van der Waals surface area contributed by atoms with Gasteiger partial charge in [0.15, 0.2) is 11.4 Å². The van der Waals surface area contributed by atoms with Gasteiger partial charge in [0.25, 0.3) is 0 Å². The molecule has 3 nitrogen and oxygen atoms in total. The molecule has 2 fully saturated rings. The predicted molar refractivity (Wildman–Crippen MR) is 55.3 cm³/mol. The molecule has 2 aliphatic rings. The molecule has 2 rings (SSSR count). The lowest BCUT2D eigenvalue weighted by molar-refractivity contribution is -0.157. The van der Waals surface area contributed by atoms with E-state index in [4.69, 9.17) is 4.74 Å². The largest absolute Gasteiger partial charge is 0.451 e. The van der Waals surface area contributed by atoms with Crippen LogP contribution in [-0.4, -0.2) is 17.4 Å². The standard InChI is InChI=1S/C12H18O3/c1-2-3-4-7-12-9(5-6-10(12)13)8-11(14)15-12/h9H,2-8H2,1H3. The quantitative estimate of drug-likeness (QED) is 0.528. The van der Waals surface area contributed by atoms with Crippen molar-refractivity contribution in [3.63, 3.8) is 0 Å². The molecular weight excluding hydrogens is 192 g/mol. The smallest absolute Gasteiger partial charge is 0.307 e. The van der Waals surface area contributed by atoms with Crippen LogP contribution in [0, 0.1) is 5.92 Å². The van der Waals surface area contributed by atoms with Crippen LogP contribution in [0.3, 0.4) is 0 Å². The summed E-state index contributed by atoms with van der Waals surface area (Å²) in [5, 5.41) is 0. The van der Waals surface area contributed by atoms with Crippen molar-refractivity contribution in [3.05, 3.63) is 0 Å². The van der Waals surface area contributed by atoms with E-state index in [0.29, 0.717) is 12.8 Å². The topological polar surface area (TPSA) is 43.4 Å². The van der Waals surface area contributed by atoms with E-state index in [1.165, 1.54) is 0 Å². The zero-order valence-electron chi connectivity index (χ0n) is 9.25. The Morgan fingerprint density at radius 3 is 2.93 bits per heavy atom. The normalized spacial score (nSPS) is 34.3. The maximum absolute atomic E-state index is 11.8. The van der Waals surface area contributed by atoms with Crippen LogP contribution in [0.2, 0.25) is 0 Å². The lowest BCUT2D eigenvalue weighted by Gasteiger charge is -2.25. The summed E-state index contributed by atoms with van der Waals surface area (Å²) in [6.45, 7) is 2.13. The van der Waals surface area contributed by atoms with E-state index in [0.717, 1.165) is 32.1 Å². The third kappa shape index (κ3) is 1.68. The number of hydrogen-bond donors (Lipinski definition) is 0. The van der Waals surface area contributed by atoms with Crippen LogP contribution < -0.4 is 0 Å². The van der Waals surface area contributed by atoms with Crippen LogP contribution in [0.4, 0.5) is 0 Å². The first kappa shape index (κ1) is 10.7. The molecule has 0 radical (unpaired) electrons. The van der Waals surface area contributed by atoms with Gasteiger partial charge in [-0.2, -0.15) is 0 Å². The van der Waals surface area contributed by atoms with E-state index in [-0.39, 0.29) is 17.7 Å². The van der Waals surface area contributed by atoms with Crippen molar-refractivity contribution in [2.75, 3.05) is 0 Å². The molecule has 0 aromatic heterocycles. The fraction of sp³-hybridized carbons (Fsp3) is 0.833. The SMILES string of the molecule is CCCCCC12OC(=O)CC1CCC2=O. The Morgan fingerprint density at radius 1 is 1.40 bits per heavy atom. The predicted octanol–water partition coefficient (Wildman–Crippen LogP) is 2.23. The molecule has 15 heavy (non-hydrogen) atoms. The van der Waals surface area contributed by atoms with Gasteiger partial charge in [0.05, 0.1) is 6.42 Å². The Balaban J connectivity index is 2.07. The third-order valence-electron chi connectivity index (χ3n) is 3.71. The van der Waals surface area contributed by atoms with E-state index in [9.17, 15) is 9.59 Å². The molecule has 0 amide bonds. The number of ether oxygens (including phenoxy) is 1.